The molecule has 0 aliphatic heterocycles. The van der Waals surface area contributed by atoms with E-state index in [-0.39, 0.29) is 12.0 Å². The molecule has 0 bridgehead atoms. The second-order valence-corrected chi connectivity index (χ2v) is 7.92. The van der Waals surface area contributed by atoms with E-state index in [4.69, 9.17) is 16.3 Å². The topological polar surface area (TPSA) is 69.0 Å². The van der Waals surface area contributed by atoms with E-state index in [2.05, 4.69) is 22.1 Å². The summed E-state index contributed by atoms with van der Waals surface area (Å²) in [6.07, 6.45) is 3.62. The van der Waals surface area contributed by atoms with E-state index in [1.807, 2.05) is 30.5 Å². The van der Waals surface area contributed by atoms with Crippen LogP contribution >= 0.6 is 23.4 Å². The molecule has 0 saturated heterocycles. The predicted octanol–water partition coefficient (Wildman–Crippen LogP) is 3.94. The smallest absolute Gasteiger partial charge is 0.230 e. The van der Waals surface area contributed by atoms with Crippen molar-refractivity contribution in [1.29, 1.82) is 0 Å². The number of hydrogen-bond donors (Lipinski definition) is 1. The van der Waals surface area contributed by atoms with Gasteiger partial charge in [-0.2, -0.15) is 0 Å². The zero-order valence-electron chi connectivity index (χ0n) is 15.4. The molecule has 1 saturated carbocycles. The second kappa shape index (κ2) is 8.80. The van der Waals surface area contributed by atoms with E-state index >= 15 is 0 Å². The Labute approximate surface area is 168 Å². The molecule has 144 valence electrons. The van der Waals surface area contributed by atoms with Gasteiger partial charge in [0.25, 0.3) is 0 Å². The van der Waals surface area contributed by atoms with Crippen molar-refractivity contribution in [3.05, 3.63) is 47.3 Å². The summed E-state index contributed by atoms with van der Waals surface area (Å²) in [5.41, 5.74) is 0.954. The van der Waals surface area contributed by atoms with Crippen molar-refractivity contribution < 1.29 is 9.53 Å². The molecule has 1 N–H and O–H groups in total. The third kappa shape index (κ3) is 5.26. The Morgan fingerprint density at radius 1 is 1.52 bits per heavy atom. The van der Waals surface area contributed by atoms with Crippen LogP contribution in [0.15, 0.2) is 36.0 Å². The number of thioether (sulfide) groups is 1. The lowest BCUT2D eigenvalue weighted by molar-refractivity contribution is -0.118. The van der Waals surface area contributed by atoms with Crippen molar-refractivity contribution in [3.8, 4) is 5.75 Å². The first kappa shape index (κ1) is 19.8. The van der Waals surface area contributed by atoms with Gasteiger partial charge in [0.15, 0.2) is 17.1 Å². The van der Waals surface area contributed by atoms with Gasteiger partial charge >= 0.3 is 0 Å². The summed E-state index contributed by atoms with van der Waals surface area (Å²) in [6, 6.07) is 5.86. The first-order valence-electron chi connectivity index (χ1n) is 8.87. The molecule has 1 aliphatic carbocycles. The number of halogens is 1. The van der Waals surface area contributed by atoms with Crippen molar-refractivity contribution in [2.45, 2.75) is 50.5 Å². The first-order chi connectivity index (χ1) is 13.0. The molecule has 1 aromatic heterocycles. The molecule has 0 spiro atoms. The quantitative estimate of drug-likeness (QED) is 0.504. The van der Waals surface area contributed by atoms with Gasteiger partial charge in [-0.1, -0.05) is 29.4 Å². The molecular weight excluding hydrogens is 384 g/mol. The van der Waals surface area contributed by atoms with E-state index in [0.717, 1.165) is 24.2 Å². The summed E-state index contributed by atoms with van der Waals surface area (Å²) in [5.74, 6) is 1.78. The van der Waals surface area contributed by atoms with Crippen molar-refractivity contribution in [1.82, 2.24) is 20.1 Å². The highest BCUT2D eigenvalue weighted by Gasteiger charge is 2.24. The number of allylic oxidation sites excluding steroid dienone is 1. The molecule has 1 fully saturated rings. The fourth-order valence-corrected chi connectivity index (χ4v) is 3.62. The van der Waals surface area contributed by atoms with Crippen molar-refractivity contribution in [2.75, 3.05) is 5.75 Å². The number of carbonyl (C=O) groups is 1. The third-order valence-electron chi connectivity index (χ3n) is 4.14. The summed E-state index contributed by atoms with van der Waals surface area (Å²) in [7, 11) is 0. The standard InChI is InChI=1S/C19H23ClN4O2S/c1-4-9-24-18(13(3)26-16-8-5-14(20)10-12(16)2)22-23-19(24)27-11-17(25)21-15-6-7-15/h4-5,8,10,13,15H,1,6-7,9,11H2,2-3H3,(H,21,25). The summed E-state index contributed by atoms with van der Waals surface area (Å²) in [5, 5.41) is 12.9. The average molecular weight is 407 g/mol. The lowest BCUT2D eigenvalue weighted by Gasteiger charge is -2.17. The summed E-state index contributed by atoms with van der Waals surface area (Å²) < 4.78 is 8.00. The van der Waals surface area contributed by atoms with E-state index in [9.17, 15) is 4.79 Å². The molecular formula is C19H23ClN4O2S. The maximum absolute atomic E-state index is 11.9. The highest BCUT2D eigenvalue weighted by molar-refractivity contribution is 7.99. The van der Waals surface area contributed by atoms with Crippen molar-refractivity contribution in [2.24, 2.45) is 0 Å². The SMILES string of the molecule is C=CCn1c(SCC(=O)NC2CC2)nnc1C(C)Oc1ccc(Cl)cc1C. The van der Waals surface area contributed by atoms with Gasteiger partial charge in [0.2, 0.25) is 5.91 Å². The minimum atomic E-state index is -0.313. The molecule has 6 nitrogen and oxygen atoms in total. The second-order valence-electron chi connectivity index (χ2n) is 6.54. The Morgan fingerprint density at radius 2 is 2.30 bits per heavy atom. The lowest BCUT2D eigenvalue weighted by Crippen LogP contribution is -2.27. The Hall–Kier alpha value is -1.99. The molecule has 8 heteroatoms. The number of nitrogens with one attached hydrogen (secondary N) is 1. The minimum absolute atomic E-state index is 0.0262. The monoisotopic (exact) mass is 406 g/mol. The molecule has 1 aliphatic rings. The minimum Gasteiger partial charge on any atom is -0.482 e. The van der Waals surface area contributed by atoms with Gasteiger partial charge in [0.05, 0.1) is 5.75 Å². The number of ether oxygens (including phenoxy) is 1. The van der Waals surface area contributed by atoms with Crippen molar-refractivity contribution in [3.63, 3.8) is 0 Å². The summed E-state index contributed by atoms with van der Waals surface area (Å²) in [6.45, 7) is 8.22. The van der Waals surface area contributed by atoms with Gasteiger partial charge in [-0.3, -0.25) is 9.36 Å². The normalized spacial score (nSPS) is 14.6. The fourth-order valence-electron chi connectivity index (χ4n) is 2.62. The molecule has 0 radical (unpaired) electrons. The van der Waals surface area contributed by atoms with Crippen LogP contribution in [0, 0.1) is 6.92 Å². The van der Waals surface area contributed by atoms with Gasteiger partial charge in [0.1, 0.15) is 5.75 Å². The zero-order valence-corrected chi connectivity index (χ0v) is 17.0. The average Bonchev–Trinajstić information content (AvgIpc) is 3.34. The van der Waals surface area contributed by atoms with E-state index in [0.29, 0.717) is 34.3 Å². The number of aromatic nitrogens is 3. The number of nitrogens with zero attached hydrogens (tertiary/aromatic N) is 3. The molecule has 1 atom stereocenters. The lowest BCUT2D eigenvalue weighted by atomic mass is 10.2. The number of hydrogen-bond acceptors (Lipinski definition) is 5. The fraction of sp³-hybridized carbons (Fsp3) is 0.421. The highest BCUT2D eigenvalue weighted by Crippen LogP contribution is 2.28. The van der Waals surface area contributed by atoms with Gasteiger partial charge in [-0.25, -0.2) is 0 Å². The van der Waals surface area contributed by atoms with E-state index < -0.39 is 0 Å². The van der Waals surface area contributed by atoms with Crippen LogP contribution in [0.3, 0.4) is 0 Å². The number of rotatable bonds is 9. The number of benzene rings is 1. The van der Waals surface area contributed by atoms with Gasteiger partial charge in [-0.05, 0) is 50.5 Å². The molecule has 1 amide bonds. The van der Waals surface area contributed by atoms with Crippen LogP contribution in [0.4, 0.5) is 0 Å². The molecule has 3 rings (SSSR count). The Bertz CT molecular complexity index is 835. The van der Waals surface area contributed by atoms with E-state index in [1.54, 1.807) is 12.1 Å². The number of amides is 1. The zero-order chi connectivity index (χ0) is 19.4. The predicted molar refractivity (Wildman–Crippen MR) is 107 cm³/mol. The largest absolute Gasteiger partial charge is 0.482 e. The van der Waals surface area contributed by atoms with Gasteiger partial charge in [0, 0.05) is 17.6 Å². The molecule has 2 aromatic rings. The number of aryl methyl sites for hydroxylation is 1. The first-order valence-corrected chi connectivity index (χ1v) is 10.2. The van der Waals surface area contributed by atoms with Crippen LogP contribution in [0.1, 0.15) is 37.3 Å². The summed E-state index contributed by atoms with van der Waals surface area (Å²) >= 11 is 7.38. The molecule has 1 unspecified atom stereocenters. The maximum atomic E-state index is 11.9. The highest BCUT2D eigenvalue weighted by atomic mass is 35.5. The molecule has 27 heavy (non-hydrogen) atoms. The Morgan fingerprint density at radius 3 is 2.96 bits per heavy atom. The van der Waals surface area contributed by atoms with Crippen LogP contribution in [0.5, 0.6) is 5.75 Å². The maximum Gasteiger partial charge on any atom is 0.230 e. The van der Waals surface area contributed by atoms with Gasteiger partial charge < -0.3 is 10.1 Å². The number of carbonyl (C=O) groups excluding carboxylic acids is 1. The Kier molecular flexibility index (Phi) is 6.44. The van der Waals surface area contributed by atoms with Crippen LogP contribution in [-0.4, -0.2) is 32.5 Å². The van der Waals surface area contributed by atoms with Crippen molar-refractivity contribution >= 4 is 29.3 Å². The molecule has 1 heterocycles. The van der Waals surface area contributed by atoms with Crippen LogP contribution in [0.2, 0.25) is 5.02 Å². The van der Waals surface area contributed by atoms with Gasteiger partial charge in [-0.15, -0.1) is 16.8 Å². The van der Waals surface area contributed by atoms with Crippen LogP contribution in [0.25, 0.3) is 0 Å². The summed E-state index contributed by atoms with van der Waals surface area (Å²) in [4.78, 5) is 11.9. The molecule has 1 aromatic carbocycles. The Balaban J connectivity index is 1.70. The third-order valence-corrected chi connectivity index (χ3v) is 5.34. The van der Waals surface area contributed by atoms with E-state index in [1.165, 1.54) is 11.8 Å². The van der Waals surface area contributed by atoms with Crippen LogP contribution < -0.4 is 10.1 Å². The van der Waals surface area contributed by atoms with Crippen LogP contribution in [-0.2, 0) is 11.3 Å².